The Kier molecular flexibility index (Phi) is 5.13. The molecule has 0 aliphatic heterocycles. The molecule has 0 unspecified atom stereocenters. The van der Waals surface area contributed by atoms with E-state index in [9.17, 15) is 17.8 Å². The van der Waals surface area contributed by atoms with Gasteiger partial charge in [-0.3, -0.25) is 4.79 Å². The maximum atomic E-state index is 11.6. The van der Waals surface area contributed by atoms with Crippen LogP contribution in [0.1, 0.15) is 27.2 Å². The maximum absolute atomic E-state index is 11.6. The number of carbonyl (C=O) groups excluding carboxylic acids is 1. The molecule has 1 aromatic rings. The van der Waals surface area contributed by atoms with E-state index in [0.29, 0.717) is 12.2 Å². The molecule has 20 heavy (non-hydrogen) atoms. The van der Waals surface area contributed by atoms with E-state index in [2.05, 4.69) is 0 Å². The van der Waals surface area contributed by atoms with Crippen LogP contribution in [0.2, 0.25) is 0 Å². The lowest BCUT2D eigenvalue weighted by molar-refractivity contribution is -0.160. The molecule has 0 spiro atoms. The van der Waals surface area contributed by atoms with Gasteiger partial charge >= 0.3 is 5.97 Å². The minimum Gasteiger partial charge on any atom is -0.744 e. The minimum atomic E-state index is -4.47. The standard InChI is InChI=1S/C13H18O6S/c1-4-13(2,3)12(14)19-9-18-10-5-7-11(8-6-10)20(15,16)17/h5-8H,4,9H2,1-3H3,(H,15,16,17)/p-1. The first-order chi connectivity index (χ1) is 9.16. The number of esters is 1. The van der Waals surface area contributed by atoms with Gasteiger partial charge in [-0.05, 0) is 44.5 Å². The Bertz CT molecular complexity index is 559. The summed E-state index contributed by atoms with van der Waals surface area (Å²) >= 11 is 0. The second-order valence-electron chi connectivity index (χ2n) is 4.86. The van der Waals surface area contributed by atoms with Crippen molar-refractivity contribution in [1.82, 2.24) is 0 Å². The quantitative estimate of drug-likeness (QED) is 0.452. The highest BCUT2D eigenvalue weighted by Gasteiger charge is 2.27. The molecule has 0 bridgehead atoms. The van der Waals surface area contributed by atoms with Gasteiger partial charge in [-0.25, -0.2) is 8.42 Å². The van der Waals surface area contributed by atoms with Crippen LogP contribution in [0.25, 0.3) is 0 Å². The molecule has 1 rings (SSSR count). The summed E-state index contributed by atoms with van der Waals surface area (Å²) in [6.45, 7) is 5.14. The van der Waals surface area contributed by atoms with E-state index in [1.165, 1.54) is 12.1 Å². The number of benzene rings is 1. The average Bonchev–Trinajstić information content (AvgIpc) is 2.38. The molecule has 1 aromatic carbocycles. The predicted octanol–water partition coefficient (Wildman–Crippen LogP) is 1.91. The number of ether oxygens (including phenoxy) is 2. The van der Waals surface area contributed by atoms with Crippen LogP contribution in [-0.2, 0) is 19.6 Å². The highest BCUT2D eigenvalue weighted by Crippen LogP contribution is 2.21. The summed E-state index contributed by atoms with van der Waals surface area (Å²) < 4.78 is 42.3. The smallest absolute Gasteiger partial charge is 0.314 e. The Morgan fingerprint density at radius 3 is 2.25 bits per heavy atom. The SMILES string of the molecule is CCC(C)(C)C(=O)OCOc1ccc(S(=O)(=O)[O-])cc1. The van der Waals surface area contributed by atoms with Crippen LogP contribution in [0.3, 0.4) is 0 Å². The third-order valence-corrected chi connectivity index (χ3v) is 3.81. The van der Waals surface area contributed by atoms with Crippen molar-refractivity contribution >= 4 is 16.1 Å². The molecule has 6 nitrogen and oxygen atoms in total. The molecule has 0 saturated heterocycles. The van der Waals surface area contributed by atoms with Crippen LogP contribution in [0.5, 0.6) is 5.75 Å². The molecule has 0 saturated carbocycles. The molecule has 0 aromatic heterocycles. The fourth-order valence-electron chi connectivity index (χ4n) is 1.19. The van der Waals surface area contributed by atoms with Crippen LogP contribution >= 0.6 is 0 Å². The highest BCUT2D eigenvalue weighted by molar-refractivity contribution is 7.85. The van der Waals surface area contributed by atoms with Crippen LogP contribution in [0, 0.1) is 5.41 Å². The summed E-state index contributed by atoms with van der Waals surface area (Å²) in [4.78, 5) is 11.3. The minimum absolute atomic E-state index is 0.272. The van der Waals surface area contributed by atoms with Crippen molar-refractivity contribution in [2.75, 3.05) is 6.79 Å². The van der Waals surface area contributed by atoms with Gasteiger partial charge in [0, 0.05) is 0 Å². The topological polar surface area (TPSA) is 92.7 Å². The van der Waals surface area contributed by atoms with E-state index in [1.54, 1.807) is 13.8 Å². The van der Waals surface area contributed by atoms with Gasteiger partial charge in [-0.1, -0.05) is 6.92 Å². The summed E-state index contributed by atoms with van der Waals surface area (Å²) in [7, 11) is -4.47. The van der Waals surface area contributed by atoms with Gasteiger partial charge in [-0.15, -0.1) is 0 Å². The Morgan fingerprint density at radius 1 is 1.25 bits per heavy atom. The summed E-state index contributed by atoms with van der Waals surface area (Å²) in [5.74, 6) is -0.0711. The van der Waals surface area contributed by atoms with E-state index in [1.807, 2.05) is 6.92 Å². The maximum Gasteiger partial charge on any atom is 0.314 e. The second-order valence-corrected chi connectivity index (χ2v) is 6.24. The first-order valence-electron chi connectivity index (χ1n) is 6.03. The van der Waals surface area contributed by atoms with Crippen molar-refractivity contribution in [2.24, 2.45) is 5.41 Å². The molecule has 112 valence electrons. The van der Waals surface area contributed by atoms with Crippen LogP contribution in [0.4, 0.5) is 0 Å². The van der Waals surface area contributed by atoms with E-state index in [4.69, 9.17) is 9.47 Å². The largest absolute Gasteiger partial charge is 0.744 e. The lowest BCUT2D eigenvalue weighted by Crippen LogP contribution is -2.27. The normalized spacial score (nSPS) is 12.0. The van der Waals surface area contributed by atoms with Crippen LogP contribution in [-0.4, -0.2) is 25.7 Å². The fraction of sp³-hybridized carbons (Fsp3) is 0.462. The molecule has 0 aliphatic carbocycles. The van der Waals surface area contributed by atoms with Crippen molar-refractivity contribution in [2.45, 2.75) is 32.1 Å². The third-order valence-electron chi connectivity index (χ3n) is 2.96. The number of carbonyl (C=O) groups is 1. The molecule has 0 aliphatic rings. The number of hydrogen-bond acceptors (Lipinski definition) is 6. The molecular weight excluding hydrogens is 284 g/mol. The van der Waals surface area contributed by atoms with Crippen molar-refractivity contribution < 1.29 is 27.2 Å². The van der Waals surface area contributed by atoms with E-state index in [-0.39, 0.29) is 17.7 Å². The molecule has 0 fully saturated rings. The Labute approximate surface area is 118 Å². The van der Waals surface area contributed by atoms with Gasteiger partial charge in [0.25, 0.3) is 0 Å². The van der Waals surface area contributed by atoms with Gasteiger partial charge in [0.15, 0.2) is 0 Å². The highest BCUT2D eigenvalue weighted by atomic mass is 32.2. The van der Waals surface area contributed by atoms with Gasteiger partial charge < -0.3 is 14.0 Å². The van der Waals surface area contributed by atoms with Gasteiger partial charge in [-0.2, -0.15) is 0 Å². The predicted molar refractivity (Wildman–Crippen MR) is 70.1 cm³/mol. The molecule has 0 atom stereocenters. The first-order valence-corrected chi connectivity index (χ1v) is 7.43. The average molecular weight is 301 g/mol. The molecule has 0 amide bonds. The molecule has 0 radical (unpaired) electrons. The zero-order valence-corrected chi connectivity index (χ0v) is 12.4. The number of hydrogen-bond donors (Lipinski definition) is 0. The van der Waals surface area contributed by atoms with Crippen LogP contribution in [0.15, 0.2) is 29.2 Å². The van der Waals surface area contributed by atoms with E-state index in [0.717, 1.165) is 12.1 Å². The van der Waals surface area contributed by atoms with Gasteiger partial charge in [0.1, 0.15) is 15.9 Å². The second kappa shape index (κ2) is 6.23. The lowest BCUT2D eigenvalue weighted by atomic mass is 9.91. The van der Waals surface area contributed by atoms with Gasteiger partial charge in [0.2, 0.25) is 6.79 Å². The summed E-state index contributed by atoms with van der Waals surface area (Å²) in [5.41, 5.74) is -0.580. The van der Waals surface area contributed by atoms with E-state index >= 15 is 0 Å². The summed E-state index contributed by atoms with van der Waals surface area (Å²) in [6, 6.07) is 4.91. The first kappa shape index (κ1) is 16.5. The molecule has 0 N–H and O–H groups in total. The van der Waals surface area contributed by atoms with Crippen molar-refractivity contribution in [3.63, 3.8) is 0 Å². The Balaban J connectivity index is 2.54. The van der Waals surface area contributed by atoms with Crippen LogP contribution < -0.4 is 4.74 Å². The van der Waals surface area contributed by atoms with Crippen molar-refractivity contribution in [1.29, 1.82) is 0 Å². The van der Waals surface area contributed by atoms with E-state index < -0.39 is 15.5 Å². The Hall–Kier alpha value is -1.60. The molecule has 7 heteroatoms. The molecule has 0 heterocycles. The number of rotatable bonds is 6. The summed E-state index contributed by atoms with van der Waals surface area (Å²) in [6.07, 6.45) is 0.641. The summed E-state index contributed by atoms with van der Waals surface area (Å²) in [5, 5.41) is 0. The van der Waals surface area contributed by atoms with Gasteiger partial charge in [0.05, 0.1) is 10.3 Å². The zero-order valence-electron chi connectivity index (χ0n) is 11.6. The third kappa shape index (κ3) is 4.50. The van der Waals surface area contributed by atoms with Crippen molar-refractivity contribution in [3.8, 4) is 5.75 Å². The monoisotopic (exact) mass is 301 g/mol. The van der Waals surface area contributed by atoms with Crippen molar-refractivity contribution in [3.05, 3.63) is 24.3 Å². The lowest BCUT2D eigenvalue weighted by Gasteiger charge is -2.20. The molecular formula is C13H17O6S-. The Morgan fingerprint density at radius 2 is 1.80 bits per heavy atom. The fourth-order valence-corrected chi connectivity index (χ4v) is 1.66. The zero-order chi connectivity index (χ0) is 15.4.